The fourth-order valence-electron chi connectivity index (χ4n) is 2.12. The number of amides is 2. The number of nitrogens with one attached hydrogen (secondary N) is 1. The lowest BCUT2D eigenvalue weighted by atomic mass is 10.2. The molecule has 1 rings (SSSR count). The summed E-state index contributed by atoms with van der Waals surface area (Å²) < 4.78 is 0. The molecule has 3 N–H and O–H groups in total. The van der Waals surface area contributed by atoms with Gasteiger partial charge in [0, 0.05) is 32.5 Å². The number of likely N-dealkylation sites (tertiary alicyclic amines) is 1. The molecule has 2 amide bonds. The zero-order valence-electron chi connectivity index (χ0n) is 11.1. The van der Waals surface area contributed by atoms with Crippen LogP contribution in [0.2, 0.25) is 0 Å². The van der Waals surface area contributed by atoms with E-state index in [1.165, 1.54) is 0 Å². The minimum atomic E-state index is 0.0580. The van der Waals surface area contributed by atoms with E-state index in [-0.39, 0.29) is 11.8 Å². The number of carbonyl (C=O) groups excluding carboxylic acids is 2. The summed E-state index contributed by atoms with van der Waals surface area (Å²) in [5.74, 6) is 0.324. The minimum absolute atomic E-state index is 0.0580. The highest BCUT2D eigenvalue weighted by Gasteiger charge is 2.15. The van der Waals surface area contributed by atoms with Crippen LogP contribution in [-0.2, 0) is 9.59 Å². The predicted molar refractivity (Wildman–Crippen MR) is 71.0 cm³/mol. The Bertz CT molecular complexity index is 269. The molecule has 0 bridgehead atoms. The summed E-state index contributed by atoms with van der Waals surface area (Å²) in [6.45, 7) is 2.83. The summed E-state index contributed by atoms with van der Waals surface area (Å²) in [5, 5.41) is 2.86. The smallest absolute Gasteiger partial charge is 0.222 e. The molecular formula is C13H25N3O2. The van der Waals surface area contributed by atoms with Gasteiger partial charge in [-0.2, -0.15) is 0 Å². The molecule has 0 aliphatic carbocycles. The summed E-state index contributed by atoms with van der Waals surface area (Å²) in [6.07, 6.45) is 6.02. The van der Waals surface area contributed by atoms with E-state index in [0.29, 0.717) is 25.9 Å². The molecule has 1 fully saturated rings. The number of nitrogens with zero attached hydrogens (tertiary/aromatic N) is 1. The molecule has 1 heterocycles. The Morgan fingerprint density at radius 3 is 2.89 bits per heavy atom. The van der Waals surface area contributed by atoms with E-state index in [1.807, 2.05) is 4.90 Å². The van der Waals surface area contributed by atoms with Crippen molar-refractivity contribution >= 4 is 11.8 Å². The molecule has 0 spiro atoms. The first-order valence-corrected chi connectivity index (χ1v) is 6.98. The SMILES string of the molecule is NCCCC(=O)NCCCN1CCCCCC1=O. The van der Waals surface area contributed by atoms with Gasteiger partial charge in [-0.25, -0.2) is 0 Å². The third-order valence-corrected chi connectivity index (χ3v) is 3.21. The molecule has 0 aromatic rings. The molecule has 0 unspecified atom stereocenters. The Morgan fingerprint density at radius 1 is 1.28 bits per heavy atom. The normalized spacial score (nSPS) is 16.5. The van der Waals surface area contributed by atoms with E-state index in [4.69, 9.17) is 5.73 Å². The summed E-state index contributed by atoms with van der Waals surface area (Å²) in [7, 11) is 0. The zero-order valence-corrected chi connectivity index (χ0v) is 11.1. The van der Waals surface area contributed by atoms with E-state index in [9.17, 15) is 9.59 Å². The van der Waals surface area contributed by atoms with E-state index >= 15 is 0 Å². The van der Waals surface area contributed by atoms with Crippen LogP contribution >= 0.6 is 0 Å². The first-order valence-electron chi connectivity index (χ1n) is 6.98. The van der Waals surface area contributed by atoms with Crippen LogP contribution in [0.5, 0.6) is 0 Å². The second-order valence-electron chi connectivity index (χ2n) is 4.79. The highest BCUT2D eigenvalue weighted by molar-refractivity contribution is 5.76. The minimum Gasteiger partial charge on any atom is -0.356 e. The van der Waals surface area contributed by atoms with Crippen LogP contribution in [0.25, 0.3) is 0 Å². The molecule has 0 radical (unpaired) electrons. The van der Waals surface area contributed by atoms with E-state index in [2.05, 4.69) is 5.32 Å². The summed E-state index contributed by atoms with van der Waals surface area (Å²) in [5.41, 5.74) is 5.34. The third-order valence-electron chi connectivity index (χ3n) is 3.21. The second-order valence-corrected chi connectivity index (χ2v) is 4.79. The Kier molecular flexibility index (Phi) is 7.41. The van der Waals surface area contributed by atoms with Crippen molar-refractivity contribution in [1.82, 2.24) is 10.2 Å². The van der Waals surface area contributed by atoms with Crippen LogP contribution in [0.3, 0.4) is 0 Å². The van der Waals surface area contributed by atoms with E-state index < -0.39 is 0 Å². The summed E-state index contributed by atoms with van der Waals surface area (Å²) >= 11 is 0. The Balaban J connectivity index is 2.09. The Morgan fingerprint density at radius 2 is 2.11 bits per heavy atom. The van der Waals surface area contributed by atoms with Gasteiger partial charge in [-0.05, 0) is 32.2 Å². The van der Waals surface area contributed by atoms with Crippen molar-refractivity contribution in [2.75, 3.05) is 26.2 Å². The molecule has 1 aliphatic rings. The quantitative estimate of drug-likeness (QED) is 0.655. The van der Waals surface area contributed by atoms with Gasteiger partial charge >= 0.3 is 0 Å². The van der Waals surface area contributed by atoms with Crippen LogP contribution in [0, 0.1) is 0 Å². The monoisotopic (exact) mass is 255 g/mol. The molecule has 1 aliphatic heterocycles. The molecule has 104 valence electrons. The molecular weight excluding hydrogens is 230 g/mol. The van der Waals surface area contributed by atoms with Gasteiger partial charge in [-0.1, -0.05) is 6.42 Å². The average Bonchev–Trinajstić information content (AvgIpc) is 2.57. The molecule has 5 nitrogen and oxygen atoms in total. The average molecular weight is 255 g/mol. The number of nitrogens with two attached hydrogens (primary N) is 1. The van der Waals surface area contributed by atoms with Crippen LogP contribution in [0.4, 0.5) is 0 Å². The fourth-order valence-corrected chi connectivity index (χ4v) is 2.12. The molecule has 0 atom stereocenters. The van der Waals surface area contributed by atoms with Gasteiger partial charge in [0.05, 0.1) is 0 Å². The standard InChI is InChI=1S/C13H25N3O2/c14-8-4-6-12(17)15-9-5-11-16-10-3-1-2-7-13(16)18/h1-11,14H2,(H,15,17). The number of rotatable bonds is 7. The maximum Gasteiger partial charge on any atom is 0.222 e. The van der Waals surface area contributed by atoms with Crippen molar-refractivity contribution < 1.29 is 9.59 Å². The van der Waals surface area contributed by atoms with Crippen molar-refractivity contribution in [3.8, 4) is 0 Å². The van der Waals surface area contributed by atoms with Gasteiger partial charge in [0.15, 0.2) is 0 Å². The highest BCUT2D eigenvalue weighted by Crippen LogP contribution is 2.11. The molecule has 0 saturated carbocycles. The predicted octanol–water partition coefficient (Wildman–Crippen LogP) is 0.634. The van der Waals surface area contributed by atoms with Crippen LogP contribution in [0.1, 0.15) is 44.9 Å². The Labute approximate surface area is 109 Å². The lowest BCUT2D eigenvalue weighted by molar-refractivity contribution is -0.130. The van der Waals surface area contributed by atoms with Crippen LogP contribution in [-0.4, -0.2) is 42.9 Å². The lowest BCUT2D eigenvalue weighted by Gasteiger charge is -2.20. The van der Waals surface area contributed by atoms with E-state index in [1.54, 1.807) is 0 Å². The zero-order chi connectivity index (χ0) is 13.2. The first-order chi connectivity index (χ1) is 8.74. The summed E-state index contributed by atoms with van der Waals surface area (Å²) in [6, 6.07) is 0. The maximum atomic E-state index is 11.7. The second kappa shape index (κ2) is 8.91. The number of carbonyl (C=O) groups is 2. The third kappa shape index (κ3) is 6.00. The van der Waals surface area contributed by atoms with Gasteiger partial charge in [0.1, 0.15) is 0 Å². The number of hydrogen-bond donors (Lipinski definition) is 2. The van der Waals surface area contributed by atoms with Gasteiger partial charge in [0.25, 0.3) is 0 Å². The molecule has 0 aromatic carbocycles. The van der Waals surface area contributed by atoms with Crippen molar-refractivity contribution in [2.45, 2.75) is 44.9 Å². The number of hydrogen-bond acceptors (Lipinski definition) is 3. The van der Waals surface area contributed by atoms with Crippen LogP contribution in [0.15, 0.2) is 0 Å². The van der Waals surface area contributed by atoms with Crippen molar-refractivity contribution in [3.63, 3.8) is 0 Å². The largest absolute Gasteiger partial charge is 0.356 e. The first kappa shape index (κ1) is 15.0. The lowest BCUT2D eigenvalue weighted by Crippen LogP contribution is -2.34. The van der Waals surface area contributed by atoms with Crippen molar-refractivity contribution in [3.05, 3.63) is 0 Å². The van der Waals surface area contributed by atoms with Crippen molar-refractivity contribution in [2.24, 2.45) is 5.73 Å². The molecule has 5 heteroatoms. The van der Waals surface area contributed by atoms with Gasteiger partial charge in [-0.15, -0.1) is 0 Å². The topological polar surface area (TPSA) is 75.4 Å². The molecule has 18 heavy (non-hydrogen) atoms. The molecule has 0 aromatic heterocycles. The maximum absolute atomic E-state index is 11.7. The fraction of sp³-hybridized carbons (Fsp3) is 0.846. The van der Waals surface area contributed by atoms with Crippen molar-refractivity contribution in [1.29, 1.82) is 0 Å². The Hall–Kier alpha value is -1.10. The highest BCUT2D eigenvalue weighted by atomic mass is 16.2. The van der Waals surface area contributed by atoms with Gasteiger partial charge < -0.3 is 16.0 Å². The van der Waals surface area contributed by atoms with Gasteiger partial charge in [-0.3, -0.25) is 9.59 Å². The van der Waals surface area contributed by atoms with Gasteiger partial charge in [0.2, 0.25) is 11.8 Å². The summed E-state index contributed by atoms with van der Waals surface area (Å²) in [4.78, 5) is 25.0. The van der Waals surface area contributed by atoms with Crippen LogP contribution < -0.4 is 11.1 Å². The molecule has 1 saturated heterocycles. The van der Waals surface area contributed by atoms with E-state index in [0.717, 1.165) is 45.2 Å².